The summed E-state index contributed by atoms with van der Waals surface area (Å²) in [6, 6.07) is 4.91. The Labute approximate surface area is 139 Å². The molecule has 7 heteroatoms. The molecule has 24 heavy (non-hydrogen) atoms. The third kappa shape index (κ3) is 2.98. The molecule has 0 bridgehead atoms. The van der Waals surface area contributed by atoms with E-state index in [1.54, 1.807) is 26.0 Å². The zero-order valence-corrected chi connectivity index (χ0v) is 13.6. The Kier molecular flexibility index (Phi) is 4.03. The van der Waals surface area contributed by atoms with Crippen molar-refractivity contribution in [3.05, 3.63) is 35.6 Å². The average molecular weight is 333 g/mol. The third-order valence-electron chi connectivity index (χ3n) is 4.74. The number of carbonyl (C=O) groups is 3. The molecule has 0 spiro atoms. The van der Waals surface area contributed by atoms with Crippen molar-refractivity contribution in [1.29, 1.82) is 0 Å². The number of nitrogens with one attached hydrogen (secondary N) is 2. The number of carbonyl (C=O) groups excluding carboxylic acids is 3. The van der Waals surface area contributed by atoms with Gasteiger partial charge in [-0.2, -0.15) is 0 Å². The van der Waals surface area contributed by atoms with Gasteiger partial charge in [0.25, 0.3) is 5.91 Å². The van der Waals surface area contributed by atoms with Gasteiger partial charge in [-0.1, -0.05) is 12.1 Å². The zero-order chi connectivity index (χ0) is 17.5. The number of benzene rings is 1. The molecule has 6 nitrogen and oxygen atoms in total. The summed E-state index contributed by atoms with van der Waals surface area (Å²) in [6.45, 7) is 3.15. The van der Waals surface area contributed by atoms with Crippen molar-refractivity contribution in [1.82, 2.24) is 15.5 Å². The van der Waals surface area contributed by atoms with E-state index in [2.05, 4.69) is 10.6 Å². The van der Waals surface area contributed by atoms with Crippen LogP contribution in [0.15, 0.2) is 24.3 Å². The molecule has 2 aliphatic rings. The van der Waals surface area contributed by atoms with E-state index in [1.165, 1.54) is 12.1 Å². The summed E-state index contributed by atoms with van der Waals surface area (Å²) in [7, 11) is 0. The van der Waals surface area contributed by atoms with Crippen molar-refractivity contribution < 1.29 is 18.8 Å². The Morgan fingerprint density at radius 2 is 2.00 bits per heavy atom. The minimum atomic E-state index is -0.889. The monoisotopic (exact) mass is 333 g/mol. The number of urea groups is 1. The van der Waals surface area contributed by atoms with Gasteiger partial charge in [0.1, 0.15) is 17.9 Å². The summed E-state index contributed by atoms with van der Waals surface area (Å²) in [5.41, 5.74) is -0.148. The van der Waals surface area contributed by atoms with Crippen LogP contribution in [0.25, 0.3) is 0 Å². The molecule has 1 saturated carbocycles. The zero-order valence-electron chi connectivity index (χ0n) is 13.6. The van der Waals surface area contributed by atoms with Crippen LogP contribution in [0.5, 0.6) is 0 Å². The summed E-state index contributed by atoms with van der Waals surface area (Å²) in [5.74, 6) is -0.980. The smallest absolute Gasteiger partial charge is 0.325 e. The molecule has 2 N–H and O–H groups in total. The second kappa shape index (κ2) is 5.89. The van der Waals surface area contributed by atoms with Crippen LogP contribution < -0.4 is 10.6 Å². The Hall–Kier alpha value is -2.44. The summed E-state index contributed by atoms with van der Waals surface area (Å²) < 4.78 is 12.9. The largest absolute Gasteiger partial charge is 0.348 e. The highest BCUT2D eigenvalue weighted by molar-refractivity contribution is 6.09. The lowest BCUT2D eigenvalue weighted by atomic mass is 9.96. The fraction of sp³-hybridized carbons (Fsp3) is 0.471. The minimum Gasteiger partial charge on any atom is -0.348 e. The van der Waals surface area contributed by atoms with Gasteiger partial charge in [0.15, 0.2) is 0 Å². The van der Waals surface area contributed by atoms with Crippen LogP contribution in [-0.4, -0.2) is 34.8 Å². The molecule has 1 aromatic carbocycles. The number of halogens is 1. The van der Waals surface area contributed by atoms with Crippen molar-refractivity contribution in [3.8, 4) is 0 Å². The van der Waals surface area contributed by atoms with Crippen molar-refractivity contribution >= 4 is 17.8 Å². The van der Waals surface area contributed by atoms with Crippen molar-refractivity contribution in [2.45, 2.75) is 38.3 Å². The van der Waals surface area contributed by atoms with Crippen molar-refractivity contribution in [2.24, 2.45) is 5.92 Å². The van der Waals surface area contributed by atoms with Gasteiger partial charge in [-0.25, -0.2) is 9.18 Å². The molecule has 0 radical (unpaired) electrons. The Bertz CT molecular complexity index is 687. The second-order valence-electron chi connectivity index (χ2n) is 6.64. The number of imide groups is 1. The fourth-order valence-electron chi connectivity index (χ4n) is 3.06. The average Bonchev–Trinajstić information content (AvgIpc) is 3.34. The first-order chi connectivity index (χ1) is 11.3. The maximum atomic E-state index is 12.9. The van der Waals surface area contributed by atoms with Crippen LogP contribution in [0.2, 0.25) is 0 Å². The number of nitrogens with zero attached hydrogens (tertiary/aromatic N) is 1. The Morgan fingerprint density at radius 3 is 2.58 bits per heavy atom. The van der Waals surface area contributed by atoms with Gasteiger partial charge in [0, 0.05) is 0 Å². The van der Waals surface area contributed by atoms with Crippen molar-refractivity contribution in [2.75, 3.05) is 6.54 Å². The summed E-state index contributed by atoms with van der Waals surface area (Å²) in [6.07, 6.45) is 1.81. The van der Waals surface area contributed by atoms with Crippen LogP contribution in [0.4, 0.5) is 9.18 Å². The molecule has 1 aliphatic heterocycles. The highest BCUT2D eigenvalue weighted by atomic mass is 19.1. The van der Waals surface area contributed by atoms with Gasteiger partial charge >= 0.3 is 6.03 Å². The van der Waals surface area contributed by atoms with E-state index in [4.69, 9.17) is 0 Å². The van der Waals surface area contributed by atoms with E-state index in [0.717, 1.165) is 23.3 Å². The molecule has 2 atom stereocenters. The predicted molar refractivity (Wildman–Crippen MR) is 84.3 cm³/mol. The Morgan fingerprint density at radius 1 is 1.38 bits per heavy atom. The van der Waals surface area contributed by atoms with E-state index >= 15 is 0 Å². The molecule has 1 saturated heterocycles. The molecule has 1 aromatic rings. The van der Waals surface area contributed by atoms with E-state index in [9.17, 15) is 18.8 Å². The first-order valence-corrected chi connectivity index (χ1v) is 8.00. The van der Waals surface area contributed by atoms with Crippen molar-refractivity contribution in [3.63, 3.8) is 0 Å². The van der Waals surface area contributed by atoms with Crippen LogP contribution in [0.3, 0.4) is 0 Å². The quantitative estimate of drug-likeness (QED) is 0.806. The molecule has 0 aromatic heterocycles. The van der Waals surface area contributed by atoms with Gasteiger partial charge < -0.3 is 10.6 Å². The van der Waals surface area contributed by atoms with Gasteiger partial charge in [-0.05, 0) is 50.3 Å². The number of rotatable bonds is 5. The topological polar surface area (TPSA) is 78.5 Å². The number of hydrogen-bond acceptors (Lipinski definition) is 3. The molecular weight excluding hydrogens is 313 g/mol. The van der Waals surface area contributed by atoms with Crippen LogP contribution in [0, 0.1) is 11.7 Å². The summed E-state index contributed by atoms with van der Waals surface area (Å²) >= 11 is 0. The fourth-order valence-corrected chi connectivity index (χ4v) is 3.06. The third-order valence-corrected chi connectivity index (χ3v) is 4.74. The summed E-state index contributed by atoms with van der Waals surface area (Å²) in [5, 5.41) is 5.42. The molecule has 128 valence electrons. The van der Waals surface area contributed by atoms with Gasteiger partial charge in [-0.3, -0.25) is 14.5 Å². The first-order valence-electron chi connectivity index (χ1n) is 8.00. The maximum Gasteiger partial charge on any atom is 0.325 e. The molecule has 3 rings (SSSR count). The standard InChI is InChI=1S/C17H20FN3O3/c1-10(11-3-7-13(18)8-4-11)19-14(22)9-21-15(23)17(2,12-5-6-12)20-16(21)24/h3-4,7-8,10,12H,5-6,9H2,1-2H3,(H,19,22)(H,20,24)/t10-,17+/m0/s1. The molecular formula is C17H20FN3O3. The second-order valence-corrected chi connectivity index (χ2v) is 6.64. The lowest BCUT2D eigenvalue weighted by Crippen LogP contribution is -2.47. The Balaban J connectivity index is 1.61. The predicted octanol–water partition coefficient (Wildman–Crippen LogP) is 1.72. The van der Waals surface area contributed by atoms with Gasteiger partial charge in [-0.15, -0.1) is 0 Å². The van der Waals surface area contributed by atoms with Crippen LogP contribution in [-0.2, 0) is 9.59 Å². The molecule has 0 unspecified atom stereocenters. The molecule has 2 fully saturated rings. The lowest BCUT2D eigenvalue weighted by Gasteiger charge is -2.21. The normalized spacial score (nSPS) is 24.7. The number of hydrogen-bond donors (Lipinski definition) is 2. The number of amides is 4. The SMILES string of the molecule is C[C@H](NC(=O)CN1C(=O)N[C@](C)(C2CC2)C1=O)c1ccc(F)cc1. The van der Waals surface area contributed by atoms with Gasteiger partial charge in [0.2, 0.25) is 5.91 Å². The highest BCUT2D eigenvalue weighted by Crippen LogP contribution is 2.42. The van der Waals surface area contributed by atoms with Crippen LogP contribution >= 0.6 is 0 Å². The first kappa shape index (κ1) is 16.4. The molecule has 1 heterocycles. The minimum absolute atomic E-state index is 0.153. The van der Waals surface area contributed by atoms with E-state index in [-0.39, 0.29) is 30.2 Å². The maximum absolute atomic E-state index is 12.9. The lowest BCUT2D eigenvalue weighted by molar-refractivity contribution is -0.135. The summed E-state index contributed by atoms with van der Waals surface area (Å²) in [4.78, 5) is 37.6. The van der Waals surface area contributed by atoms with Crippen LogP contribution in [0.1, 0.15) is 38.3 Å². The van der Waals surface area contributed by atoms with E-state index < -0.39 is 17.5 Å². The highest BCUT2D eigenvalue weighted by Gasteiger charge is 2.56. The van der Waals surface area contributed by atoms with Gasteiger partial charge in [0.05, 0.1) is 6.04 Å². The molecule has 4 amide bonds. The molecule has 1 aliphatic carbocycles. The van der Waals surface area contributed by atoms with E-state index in [1.807, 2.05) is 0 Å². The van der Waals surface area contributed by atoms with E-state index in [0.29, 0.717) is 0 Å².